The van der Waals surface area contributed by atoms with Gasteiger partial charge in [-0.05, 0) is 52.3 Å². The molecule has 98 valence electrons. The highest BCUT2D eigenvalue weighted by molar-refractivity contribution is 7.12. The molecule has 0 aromatic carbocycles. The number of nitrogens with two attached hydrogens (primary N) is 1. The van der Waals surface area contributed by atoms with E-state index in [-0.39, 0.29) is 12.1 Å². The van der Waals surface area contributed by atoms with E-state index in [1.54, 1.807) is 11.3 Å². The topological polar surface area (TPSA) is 43.8 Å². The molecular weight excluding hydrogens is 242 g/mol. The standard InChI is InChI=1S/C14H21N3S/c1-8-6-7-13(18-8)14(10(3)15)17-12(5)9(2)11(4)16-17/h6-7,10,14H,15H2,1-5H3. The number of nitrogens with zero attached hydrogens (tertiary/aromatic N) is 2. The van der Waals surface area contributed by atoms with Crippen molar-refractivity contribution >= 4 is 11.3 Å². The lowest BCUT2D eigenvalue weighted by Crippen LogP contribution is -2.31. The van der Waals surface area contributed by atoms with Crippen LogP contribution < -0.4 is 5.73 Å². The minimum absolute atomic E-state index is 0.0421. The third-order valence-electron chi connectivity index (χ3n) is 3.50. The predicted molar refractivity (Wildman–Crippen MR) is 77.3 cm³/mol. The molecule has 2 unspecified atom stereocenters. The van der Waals surface area contributed by atoms with Crippen molar-refractivity contribution in [2.75, 3.05) is 0 Å². The Morgan fingerprint density at radius 2 is 1.89 bits per heavy atom. The van der Waals surface area contributed by atoms with Gasteiger partial charge in [0, 0.05) is 21.5 Å². The maximum Gasteiger partial charge on any atom is 0.101 e. The fourth-order valence-electron chi connectivity index (χ4n) is 2.23. The number of thiophene rings is 1. The Bertz CT molecular complexity index is 551. The molecule has 3 nitrogen and oxygen atoms in total. The molecule has 0 fully saturated rings. The summed E-state index contributed by atoms with van der Waals surface area (Å²) < 4.78 is 2.08. The number of hydrogen-bond donors (Lipinski definition) is 1. The second-order valence-corrected chi connectivity index (χ2v) is 6.31. The van der Waals surface area contributed by atoms with Gasteiger partial charge >= 0.3 is 0 Å². The third kappa shape index (κ3) is 2.22. The van der Waals surface area contributed by atoms with Gasteiger partial charge in [0.05, 0.1) is 5.69 Å². The fourth-order valence-corrected chi connectivity index (χ4v) is 3.31. The largest absolute Gasteiger partial charge is 0.326 e. The minimum atomic E-state index is 0.0421. The Morgan fingerprint density at radius 1 is 1.22 bits per heavy atom. The molecule has 0 bridgehead atoms. The van der Waals surface area contributed by atoms with Gasteiger partial charge in [-0.2, -0.15) is 5.10 Å². The third-order valence-corrected chi connectivity index (χ3v) is 4.57. The van der Waals surface area contributed by atoms with Crippen molar-refractivity contribution < 1.29 is 0 Å². The Morgan fingerprint density at radius 3 is 2.28 bits per heavy atom. The van der Waals surface area contributed by atoms with Gasteiger partial charge < -0.3 is 5.73 Å². The van der Waals surface area contributed by atoms with E-state index in [2.05, 4.69) is 49.6 Å². The maximum absolute atomic E-state index is 6.18. The van der Waals surface area contributed by atoms with E-state index >= 15 is 0 Å². The Labute approximate surface area is 113 Å². The second kappa shape index (κ2) is 4.86. The lowest BCUT2D eigenvalue weighted by atomic mass is 10.1. The molecule has 0 aliphatic carbocycles. The molecule has 0 spiro atoms. The molecule has 0 saturated carbocycles. The molecule has 2 atom stereocenters. The molecule has 2 heterocycles. The van der Waals surface area contributed by atoms with Crippen molar-refractivity contribution in [1.29, 1.82) is 0 Å². The molecule has 2 aromatic heterocycles. The zero-order valence-electron chi connectivity index (χ0n) is 11.7. The van der Waals surface area contributed by atoms with Gasteiger partial charge in [-0.25, -0.2) is 0 Å². The van der Waals surface area contributed by atoms with Crippen LogP contribution in [0.25, 0.3) is 0 Å². The van der Waals surface area contributed by atoms with Crippen LogP contribution in [0, 0.1) is 27.7 Å². The number of aromatic nitrogens is 2. The predicted octanol–water partition coefficient (Wildman–Crippen LogP) is 3.11. The lowest BCUT2D eigenvalue weighted by Gasteiger charge is -2.22. The second-order valence-electron chi connectivity index (χ2n) is 4.99. The van der Waals surface area contributed by atoms with E-state index in [0.717, 1.165) is 5.69 Å². The molecule has 2 rings (SSSR count). The number of aryl methyl sites for hydroxylation is 2. The molecule has 0 radical (unpaired) electrons. The van der Waals surface area contributed by atoms with Gasteiger partial charge in [-0.1, -0.05) is 0 Å². The Kier molecular flexibility index (Phi) is 3.59. The van der Waals surface area contributed by atoms with Gasteiger partial charge in [0.25, 0.3) is 0 Å². The summed E-state index contributed by atoms with van der Waals surface area (Å²) in [5, 5.41) is 4.66. The van der Waals surface area contributed by atoms with E-state index in [9.17, 15) is 0 Å². The quantitative estimate of drug-likeness (QED) is 0.924. The molecule has 0 amide bonds. The average molecular weight is 263 g/mol. The summed E-state index contributed by atoms with van der Waals surface area (Å²) in [7, 11) is 0. The van der Waals surface area contributed by atoms with Crippen LogP contribution >= 0.6 is 11.3 Å². The van der Waals surface area contributed by atoms with Crippen LogP contribution in [0.4, 0.5) is 0 Å². The molecule has 2 aromatic rings. The van der Waals surface area contributed by atoms with E-state index in [1.165, 1.54) is 21.0 Å². The average Bonchev–Trinajstić information content (AvgIpc) is 2.80. The molecular formula is C14H21N3S. The molecule has 0 aliphatic heterocycles. The van der Waals surface area contributed by atoms with Gasteiger partial charge in [0.1, 0.15) is 6.04 Å². The first kappa shape index (κ1) is 13.3. The van der Waals surface area contributed by atoms with Crippen molar-refractivity contribution in [1.82, 2.24) is 9.78 Å². The van der Waals surface area contributed by atoms with Crippen LogP contribution in [-0.4, -0.2) is 15.8 Å². The molecule has 0 saturated heterocycles. The highest BCUT2D eigenvalue weighted by Gasteiger charge is 2.23. The van der Waals surface area contributed by atoms with Gasteiger partial charge in [0.15, 0.2) is 0 Å². The summed E-state index contributed by atoms with van der Waals surface area (Å²) in [6.45, 7) is 10.5. The first-order valence-electron chi connectivity index (χ1n) is 6.26. The molecule has 18 heavy (non-hydrogen) atoms. The smallest absolute Gasteiger partial charge is 0.101 e. The van der Waals surface area contributed by atoms with Gasteiger partial charge in [-0.3, -0.25) is 4.68 Å². The zero-order chi connectivity index (χ0) is 13.4. The summed E-state index contributed by atoms with van der Waals surface area (Å²) in [6.07, 6.45) is 0. The summed E-state index contributed by atoms with van der Waals surface area (Å²) in [4.78, 5) is 2.60. The SMILES string of the molecule is Cc1ccc(C(C(C)N)n2nc(C)c(C)c2C)s1. The van der Waals surface area contributed by atoms with Crippen LogP contribution in [0.2, 0.25) is 0 Å². The van der Waals surface area contributed by atoms with Crippen molar-refractivity contribution in [3.8, 4) is 0 Å². The van der Waals surface area contributed by atoms with E-state index in [1.807, 2.05) is 6.92 Å². The highest BCUT2D eigenvalue weighted by atomic mass is 32.1. The Balaban J connectivity index is 2.51. The van der Waals surface area contributed by atoms with Crippen molar-refractivity contribution in [3.63, 3.8) is 0 Å². The first-order chi connectivity index (χ1) is 8.41. The summed E-state index contributed by atoms with van der Waals surface area (Å²) >= 11 is 1.80. The highest BCUT2D eigenvalue weighted by Crippen LogP contribution is 2.29. The fraction of sp³-hybridized carbons (Fsp3) is 0.500. The molecule has 0 aliphatic rings. The van der Waals surface area contributed by atoms with E-state index in [4.69, 9.17) is 5.73 Å². The number of hydrogen-bond acceptors (Lipinski definition) is 3. The summed E-state index contributed by atoms with van der Waals surface area (Å²) in [6, 6.07) is 4.49. The van der Waals surface area contributed by atoms with Crippen LogP contribution in [0.1, 0.15) is 39.7 Å². The van der Waals surface area contributed by atoms with Crippen LogP contribution in [-0.2, 0) is 0 Å². The molecule has 4 heteroatoms. The first-order valence-corrected chi connectivity index (χ1v) is 7.07. The normalized spacial score (nSPS) is 14.8. The number of rotatable bonds is 3. The lowest BCUT2D eigenvalue weighted by molar-refractivity contribution is 0.449. The molecule has 2 N–H and O–H groups in total. The van der Waals surface area contributed by atoms with Crippen LogP contribution in [0.5, 0.6) is 0 Å². The van der Waals surface area contributed by atoms with Crippen LogP contribution in [0.3, 0.4) is 0 Å². The van der Waals surface area contributed by atoms with Gasteiger partial charge in [0.2, 0.25) is 0 Å². The van der Waals surface area contributed by atoms with Crippen LogP contribution in [0.15, 0.2) is 12.1 Å². The Hall–Kier alpha value is -1.13. The monoisotopic (exact) mass is 263 g/mol. The minimum Gasteiger partial charge on any atom is -0.326 e. The van der Waals surface area contributed by atoms with E-state index < -0.39 is 0 Å². The summed E-state index contributed by atoms with van der Waals surface area (Å²) in [5.74, 6) is 0. The maximum atomic E-state index is 6.18. The van der Waals surface area contributed by atoms with Crippen molar-refractivity contribution in [2.45, 2.75) is 46.7 Å². The summed E-state index contributed by atoms with van der Waals surface area (Å²) in [5.41, 5.74) is 9.74. The van der Waals surface area contributed by atoms with Crippen molar-refractivity contribution in [2.24, 2.45) is 5.73 Å². The zero-order valence-corrected chi connectivity index (χ0v) is 12.5. The van der Waals surface area contributed by atoms with Crippen molar-refractivity contribution in [3.05, 3.63) is 38.8 Å². The van der Waals surface area contributed by atoms with E-state index in [0.29, 0.717) is 0 Å². The van der Waals surface area contributed by atoms with Gasteiger partial charge in [-0.15, -0.1) is 11.3 Å².